The second-order valence-electron chi connectivity index (χ2n) is 5.27. The van der Waals surface area contributed by atoms with E-state index in [0.29, 0.717) is 12.0 Å². The molecule has 0 amide bonds. The highest BCUT2D eigenvalue weighted by Crippen LogP contribution is 2.27. The third-order valence-corrected chi connectivity index (χ3v) is 4.57. The van der Waals surface area contributed by atoms with Crippen LogP contribution in [0.15, 0.2) is 22.7 Å². The topological polar surface area (TPSA) is 47.3 Å². The van der Waals surface area contributed by atoms with Crippen LogP contribution in [0.4, 0.5) is 0 Å². The van der Waals surface area contributed by atoms with Gasteiger partial charge in [-0.2, -0.15) is 0 Å². The highest BCUT2D eigenvalue weighted by molar-refractivity contribution is 9.10. The van der Waals surface area contributed by atoms with Gasteiger partial charge in [0.05, 0.1) is 7.11 Å². The molecule has 0 aromatic heterocycles. The Morgan fingerprint density at radius 3 is 2.40 bits per heavy atom. The standard InChI is InChI=1S/C16H27BrN2O/c1-4-6-12(7-5-2)16(19-18)11-13-10-14(20-3)8-9-15(13)17/h8-10,12,16,19H,4-7,11,18H2,1-3H3. The van der Waals surface area contributed by atoms with Crippen molar-refractivity contribution in [2.75, 3.05) is 7.11 Å². The zero-order valence-corrected chi connectivity index (χ0v) is 14.4. The first-order chi connectivity index (χ1) is 9.65. The van der Waals surface area contributed by atoms with Crippen molar-refractivity contribution in [3.8, 4) is 5.75 Å². The maximum Gasteiger partial charge on any atom is 0.119 e. The Hall–Kier alpha value is -0.580. The van der Waals surface area contributed by atoms with E-state index in [1.165, 1.54) is 31.2 Å². The molecular weight excluding hydrogens is 316 g/mol. The second-order valence-corrected chi connectivity index (χ2v) is 6.13. The second kappa shape index (κ2) is 9.37. The van der Waals surface area contributed by atoms with Crippen molar-refractivity contribution < 1.29 is 4.74 Å². The van der Waals surface area contributed by atoms with Crippen molar-refractivity contribution in [2.45, 2.75) is 52.0 Å². The Morgan fingerprint density at radius 2 is 1.90 bits per heavy atom. The number of benzene rings is 1. The van der Waals surface area contributed by atoms with E-state index in [0.717, 1.165) is 16.6 Å². The van der Waals surface area contributed by atoms with Crippen LogP contribution in [0, 0.1) is 5.92 Å². The van der Waals surface area contributed by atoms with Crippen molar-refractivity contribution in [2.24, 2.45) is 11.8 Å². The van der Waals surface area contributed by atoms with Gasteiger partial charge in [0.15, 0.2) is 0 Å². The van der Waals surface area contributed by atoms with E-state index in [1.54, 1.807) is 7.11 Å². The molecule has 1 aromatic rings. The molecule has 0 bridgehead atoms. The minimum absolute atomic E-state index is 0.304. The highest BCUT2D eigenvalue weighted by Gasteiger charge is 2.20. The molecule has 114 valence electrons. The smallest absolute Gasteiger partial charge is 0.119 e. The van der Waals surface area contributed by atoms with Crippen molar-refractivity contribution in [1.82, 2.24) is 5.43 Å². The summed E-state index contributed by atoms with van der Waals surface area (Å²) in [6.07, 6.45) is 5.73. The molecule has 1 atom stereocenters. The minimum Gasteiger partial charge on any atom is -0.497 e. The van der Waals surface area contributed by atoms with Gasteiger partial charge in [0.2, 0.25) is 0 Å². The monoisotopic (exact) mass is 342 g/mol. The van der Waals surface area contributed by atoms with Crippen LogP contribution in [0.5, 0.6) is 5.75 Å². The molecule has 0 radical (unpaired) electrons. The molecule has 0 aliphatic heterocycles. The third kappa shape index (κ3) is 5.08. The van der Waals surface area contributed by atoms with Gasteiger partial charge in [-0.1, -0.05) is 42.6 Å². The Balaban J connectivity index is 2.85. The summed E-state index contributed by atoms with van der Waals surface area (Å²) in [6.45, 7) is 4.47. The molecule has 1 unspecified atom stereocenters. The van der Waals surface area contributed by atoms with Gasteiger partial charge in [0.1, 0.15) is 5.75 Å². The molecule has 3 nitrogen and oxygen atoms in total. The predicted molar refractivity (Wildman–Crippen MR) is 88.8 cm³/mol. The molecule has 20 heavy (non-hydrogen) atoms. The zero-order chi connectivity index (χ0) is 15.0. The minimum atomic E-state index is 0.304. The maximum atomic E-state index is 5.81. The van der Waals surface area contributed by atoms with Crippen LogP contribution >= 0.6 is 15.9 Å². The lowest BCUT2D eigenvalue weighted by Gasteiger charge is -2.26. The van der Waals surface area contributed by atoms with E-state index in [4.69, 9.17) is 10.6 Å². The quantitative estimate of drug-likeness (QED) is 0.525. The van der Waals surface area contributed by atoms with Gasteiger partial charge in [-0.3, -0.25) is 11.3 Å². The largest absolute Gasteiger partial charge is 0.497 e. The fourth-order valence-corrected chi connectivity index (χ4v) is 3.13. The number of hydrazine groups is 1. The summed E-state index contributed by atoms with van der Waals surface area (Å²) in [5, 5.41) is 0. The molecular formula is C16H27BrN2O. The number of hydrogen-bond acceptors (Lipinski definition) is 3. The van der Waals surface area contributed by atoms with E-state index < -0.39 is 0 Å². The third-order valence-electron chi connectivity index (χ3n) is 3.79. The molecule has 0 fully saturated rings. The number of methoxy groups -OCH3 is 1. The van der Waals surface area contributed by atoms with Crippen LogP contribution in [-0.4, -0.2) is 13.2 Å². The highest BCUT2D eigenvalue weighted by atomic mass is 79.9. The summed E-state index contributed by atoms with van der Waals surface area (Å²) in [5.74, 6) is 7.32. The van der Waals surface area contributed by atoms with Crippen LogP contribution in [0.1, 0.15) is 45.1 Å². The lowest BCUT2D eigenvalue weighted by Crippen LogP contribution is -2.42. The van der Waals surface area contributed by atoms with E-state index in [1.807, 2.05) is 12.1 Å². The molecule has 4 heteroatoms. The van der Waals surface area contributed by atoms with E-state index in [2.05, 4.69) is 41.3 Å². The average molecular weight is 343 g/mol. The fraction of sp³-hybridized carbons (Fsp3) is 0.625. The van der Waals surface area contributed by atoms with Crippen LogP contribution < -0.4 is 16.0 Å². The molecule has 3 N–H and O–H groups in total. The first-order valence-electron chi connectivity index (χ1n) is 7.44. The molecule has 0 saturated heterocycles. The van der Waals surface area contributed by atoms with Gasteiger partial charge in [-0.25, -0.2) is 0 Å². The van der Waals surface area contributed by atoms with Crippen LogP contribution in [-0.2, 0) is 6.42 Å². The number of hydrogen-bond donors (Lipinski definition) is 2. The Kier molecular flexibility index (Phi) is 8.19. The number of rotatable bonds is 9. The predicted octanol–water partition coefficient (Wildman–Crippen LogP) is 4.05. The molecule has 0 aliphatic carbocycles. The Morgan fingerprint density at radius 1 is 1.25 bits per heavy atom. The van der Waals surface area contributed by atoms with E-state index in [9.17, 15) is 0 Å². The summed E-state index contributed by atoms with van der Waals surface area (Å²) in [7, 11) is 1.70. The van der Waals surface area contributed by atoms with E-state index >= 15 is 0 Å². The zero-order valence-electron chi connectivity index (χ0n) is 12.8. The van der Waals surface area contributed by atoms with Gasteiger partial charge in [-0.05, 0) is 48.9 Å². The lowest BCUT2D eigenvalue weighted by atomic mass is 9.87. The summed E-state index contributed by atoms with van der Waals surface area (Å²) in [6, 6.07) is 6.40. The van der Waals surface area contributed by atoms with Gasteiger partial charge in [0.25, 0.3) is 0 Å². The molecule has 0 heterocycles. The first-order valence-corrected chi connectivity index (χ1v) is 8.24. The van der Waals surface area contributed by atoms with Crippen LogP contribution in [0.2, 0.25) is 0 Å². The SMILES string of the molecule is CCCC(CCC)C(Cc1cc(OC)ccc1Br)NN. The molecule has 0 saturated carbocycles. The van der Waals surface area contributed by atoms with Gasteiger partial charge in [0, 0.05) is 10.5 Å². The molecule has 0 spiro atoms. The van der Waals surface area contributed by atoms with Crippen molar-refractivity contribution >= 4 is 15.9 Å². The molecule has 1 rings (SSSR count). The number of nitrogens with one attached hydrogen (secondary N) is 1. The van der Waals surface area contributed by atoms with Crippen LogP contribution in [0.3, 0.4) is 0 Å². The Bertz CT molecular complexity index is 392. The summed E-state index contributed by atoms with van der Waals surface area (Å²) >= 11 is 3.62. The van der Waals surface area contributed by atoms with Gasteiger partial charge in [-0.15, -0.1) is 0 Å². The number of nitrogens with two attached hydrogens (primary N) is 1. The maximum absolute atomic E-state index is 5.81. The van der Waals surface area contributed by atoms with Crippen molar-refractivity contribution in [3.05, 3.63) is 28.2 Å². The number of halogens is 1. The van der Waals surface area contributed by atoms with Crippen molar-refractivity contribution in [1.29, 1.82) is 0 Å². The first kappa shape index (κ1) is 17.5. The normalized spacial score (nSPS) is 12.7. The molecule has 1 aromatic carbocycles. The van der Waals surface area contributed by atoms with E-state index in [-0.39, 0.29) is 0 Å². The van der Waals surface area contributed by atoms with Gasteiger partial charge < -0.3 is 4.74 Å². The average Bonchev–Trinajstić information content (AvgIpc) is 2.46. The van der Waals surface area contributed by atoms with Crippen molar-refractivity contribution in [3.63, 3.8) is 0 Å². The summed E-state index contributed by atoms with van der Waals surface area (Å²) in [4.78, 5) is 0. The number of ether oxygens (including phenoxy) is 1. The fourth-order valence-electron chi connectivity index (χ4n) is 2.72. The van der Waals surface area contributed by atoms with Crippen LogP contribution in [0.25, 0.3) is 0 Å². The molecule has 0 aliphatic rings. The Labute approximate surface area is 131 Å². The summed E-state index contributed by atoms with van der Waals surface area (Å²) < 4.78 is 6.42. The van der Waals surface area contributed by atoms with Gasteiger partial charge >= 0.3 is 0 Å². The summed E-state index contributed by atoms with van der Waals surface area (Å²) in [5.41, 5.74) is 4.26. The lowest BCUT2D eigenvalue weighted by molar-refractivity contribution is 0.311.